The van der Waals surface area contributed by atoms with Crippen molar-refractivity contribution in [3.63, 3.8) is 0 Å². The molecule has 7 nitrogen and oxygen atoms in total. The quantitative estimate of drug-likeness (QED) is 0.561. The molecule has 0 saturated carbocycles. The van der Waals surface area contributed by atoms with Gasteiger partial charge in [-0.2, -0.15) is 0 Å². The van der Waals surface area contributed by atoms with Gasteiger partial charge in [0.25, 0.3) is 0 Å². The summed E-state index contributed by atoms with van der Waals surface area (Å²) in [6.45, 7) is 1.13. The highest BCUT2D eigenvalue weighted by atomic mass is 35.6. The Morgan fingerprint density at radius 3 is 2.50 bits per heavy atom. The summed E-state index contributed by atoms with van der Waals surface area (Å²) < 4.78 is 13.9. The number of ether oxygens (including phenoxy) is 3. The van der Waals surface area contributed by atoms with Crippen LogP contribution in [0.15, 0.2) is 29.5 Å². The van der Waals surface area contributed by atoms with Crippen molar-refractivity contribution in [2.24, 2.45) is 0 Å². The van der Waals surface area contributed by atoms with Gasteiger partial charge in [-0.15, -0.1) is 0 Å². The van der Waals surface area contributed by atoms with Crippen LogP contribution in [-0.2, 0) is 9.53 Å². The maximum absolute atomic E-state index is 12.6. The van der Waals surface area contributed by atoms with Gasteiger partial charge < -0.3 is 24.8 Å². The second-order valence-corrected chi connectivity index (χ2v) is 7.89. The Hall–Kier alpha value is -1.83. The molecular weight excluding hydrogens is 407 g/mol. The maximum atomic E-state index is 12.6. The molecule has 1 aromatic carbocycles. The van der Waals surface area contributed by atoms with Crippen LogP contribution < -0.4 is 20.1 Å². The predicted molar refractivity (Wildman–Crippen MR) is 97.9 cm³/mol. The van der Waals surface area contributed by atoms with Crippen molar-refractivity contribution in [1.29, 1.82) is 0 Å². The molecule has 1 aliphatic rings. The number of urea groups is 1. The molecule has 10 heteroatoms. The minimum absolute atomic E-state index is 0.158. The van der Waals surface area contributed by atoms with Crippen molar-refractivity contribution in [3.05, 3.63) is 35.0 Å². The third-order valence-electron chi connectivity index (χ3n) is 3.60. The van der Waals surface area contributed by atoms with Gasteiger partial charge in [-0.3, -0.25) is 0 Å². The van der Waals surface area contributed by atoms with Gasteiger partial charge in [0, 0.05) is 11.3 Å². The second kappa shape index (κ2) is 8.24. The van der Waals surface area contributed by atoms with Gasteiger partial charge in [-0.1, -0.05) is 34.8 Å². The zero-order valence-corrected chi connectivity index (χ0v) is 16.5. The molecule has 0 aromatic heterocycles. The number of halogens is 3. The lowest BCUT2D eigenvalue weighted by molar-refractivity contribution is -0.139. The number of rotatable bonds is 5. The minimum atomic E-state index is -1.75. The van der Waals surface area contributed by atoms with Gasteiger partial charge in [-0.25, -0.2) is 9.59 Å². The SMILES string of the molecule is COc1ccc(OC)c([C@H]2NC(=O)NC(C)=C2C(=O)OCC(Cl)(Cl)Cl)c1. The number of hydrogen-bond acceptors (Lipinski definition) is 5. The lowest BCUT2D eigenvalue weighted by Crippen LogP contribution is -2.45. The highest BCUT2D eigenvalue weighted by molar-refractivity contribution is 6.67. The molecule has 142 valence electrons. The fourth-order valence-corrected chi connectivity index (χ4v) is 2.65. The molecule has 0 aliphatic carbocycles. The zero-order chi connectivity index (χ0) is 19.5. The van der Waals surface area contributed by atoms with Crippen LogP contribution in [0, 0.1) is 0 Å². The molecule has 1 atom stereocenters. The molecule has 0 spiro atoms. The molecule has 0 unspecified atom stereocenters. The largest absolute Gasteiger partial charge is 0.497 e. The summed E-state index contributed by atoms with van der Waals surface area (Å²) in [5.74, 6) is 0.244. The Labute approximate surface area is 165 Å². The van der Waals surface area contributed by atoms with Crippen LogP contribution in [0.5, 0.6) is 11.5 Å². The number of allylic oxidation sites excluding steroid dienone is 1. The molecule has 0 saturated heterocycles. The fraction of sp³-hybridized carbons (Fsp3) is 0.375. The normalized spacial score (nSPS) is 17.3. The molecule has 0 bridgehead atoms. The average molecular weight is 424 g/mol. The molecule has 1 aromatic rings. The molecule has 1 heterocycles. The standard InChI is InChI=1S/C16H17Cl3N2O5/c1-8-12(14(22)26-7-16(17,18)19)13(21-15(23)20-8)10-6-9(24-2)4-5-11(10)25-3/h4-6,13H,7H2,1-3H3,(H2,20,21,23)/t13-/m1/s1. The Bertz CT molecular complexity index is 746. The molecule has 26 heavy (non-hydrogen) atoms. The second-order valence-electron chi connectivity index (χ2n) is 5.37. The highest BCUT2D eigenvalue weighted by Gasteiger charge is 2.35. The van der Waals surface area contributed by atoms with Crippen molar-refractivity contribution in [3.8, 4) is 11.5 Å². The number of nitrogens with one attached hydrogen (secondary N) is 2. The summed E-state index contributed by atoms with van der Waals surface area (Å²) in [7, 11) is 2.98. The first-order valence-corrected chi connectivity index (χ1v) is 8.53. The molecule has 1 aliphatic heterocycles. The monoisotopic (exact) mass is 422 g/mol. The summed E-state index contributed by atoms with van der Waals surface area (Å²) in [5.41, 5.74) is 0.991. The van der Waals surface area contributed by atoms with Gasteiger partial charge in [0.1, 0.15) is 18.1 Å². The lowest BCUT2D eigenvalue weighted by atomic mass is 9.94. The Morgan fingerprint density at radius 2 is 1.92 bits per heavy atom. The number of carbonyl (C=O) groups is 2. The van der Waals surface area contributed by atoms with E-state index in [1.807, 2.05) is 0 Å². The number of esters is 1. The summed E-state index contributed by atoms with van der Waals surface area (Å²) in [5, 5.41) is 5.20. The topological polar surface area (TPSA) is 85.9 Å². The van der Waals surface area contributed by atoms with Crippen LogP contribution in [0.4, 0.5) is 4.79 Å². The summed E-state index contributed by atoms with van der Waals surface area (Å²) in [6.07, 6.45) is 0. The molecule has 2 amide bonds. The third-order valence-corrected chi connectivity index (χ3v) is 3.93. The van der Waals surface area contributed by atoms with E-state index in [1.165, 1.54) is 14.2 Å². The molecular formula is C16H17Cl3N2O5. The van der Waals surface area contributed by atoms with E-state index in [2.05, 4.69) is 10.6 Å². The highest BCUT2D eigenvalue weighted by Crippen LogP contribution is 2.36. The predicted octanol–water partition coefficient (Wildman–Crippen LogP) is 3.25. The molecule has 0 fully saturated rings. The maximum Gasteiger partial charge on any atom is 0.338 e. The van der Waals surface area contributed by atoms with E-state index in [4.69, 9.17) is 49.0 Å². The van der Waals surface area contributed by atoms with Crippen LogP contribution in [0.1, 0.15) is 18.5 Å². The molecule has 2 N–H and O–H groups in total. The van der Waals surface area contributed by atoms with Crippen molar-refractivity contribution >= 4 is 46.8 Å². The van der Waals surface area contributed by atoms with E-state index in [0.717, 1.165) is 0 Å². The van der Waals surface area contributed by atoms with E-state index in [1.54, 1.807) is 25.1 Å². The van der Waals surface area contributed by atoms with Crippen LogP contribution in [0.2, 0.25) is 0 Å². The first kappa shape index (κ1) is 20.5. The average Bonchev–Trinajstić information content (AvgIpc) is 2.57. The Kier molecular flexibility index (Phi) is 6.49. The number of carbonyl (C=O) groups excluding carboxylic acids is 2. The number of alkyl halides is 3. The third kappa shape index (κ3) is 4.87. The first-order chi connectivity index (χ1) is 12.2. The van der Waals surface area contributed by atoms with Gasteiger partial charge in [0.15, 0.2) is 0 Å². The van der Waals surface area contributed by atoms with Gasteiger partial charge in [-0.05, 0) is 25.1 Å². The molecule has 0 radical (unpaired) electrons. The Morgan fingerprint density at radius 1 is 1.23 bits per heavy atom. The van der Waals surface area contributed by atoms with Crippen LogP contribution in [-0.4, -0.2) is 36.6 Å². The van der Waals surface area contributed by atoms with Crippen molar-refractivity contribution < 1.29 is 23.8 Å². The number of methoxy groups -OCH3 is 2. The van der Waals surface area contributed by atoms with E-state index in [0.29, 0.717) is 22.8 Å². The summed E-state index contributed by atoms with van der Waals surface area (Å²) in [4.78, 5) is 24.5. The van der Waals surface area contributed by atoms with Gasteiger partial charge in [0.05, 0.1) is 25.8 Å². The summed E-state index contributed by atoms with van der Waals surface area (Å²) >= 11 is 16.9. The van der Waals surface area contributed by atoms with E-state index < -0.39 is 28.4 Å². The van der Waals surface area contributed by atoms with Crippen molar-refractivity contribution in [2.75, 3.05) is 20.8 Å². The zero-order valence-electron chi connectivity index (χ0n) is 14.2. The van der Waals surface area contributed by atoms with Gasteiger partial charge in [0.2, 0.25) is 3.79 Å². The van der Waals surface area contributed by atoms with E-state index in [-0.39, 0.29) is 5.57 Å². The number of benzene rings is 1. The first-order valence-electron chi connectivity index (χ1n) is 7.40. The minimum Gasteiger partial charge on any atom is -0.497 e. The number of hydrogen-bond donors (Lipinski definition) is 2. The number of amides is 2. The van der Waals surface area contributed by atoms with Crippen LogP contribution in [0.25, 0.3) is 0 Å². The lowest BCUT2D eigenvalue weighted by Gasteiger charge is -2.29. The van der Waals surface area contributed by atoms with E-state index in [9.17, 15) is 9.59 Å². The molecule has 2 rings (SSSR count). The van der Waals surface area contributed by atoms with Crippen LogP contribution in [0.3, 0.4) is 0 Å². The smallest absolute Gasteiger partial charge is 0.338 e. The fourth-order valence-electron chi connectivity index (χ4n) is 2.49. The van der Waals surface area contributed by atoms with Crippen molar-refractivity contribution in [1.82, 2.24) is 10.6 Å². The van der Waals surface area contributed by atoms with Crippen LogP contribution >= 0.6 is 34.8 Å². The Balaban J connectivity index is 2.46. The van der Waals surface area contributed by atoms with Gasteiger partial charge >= 0.3 is 12.0 Å². The summed E-state index contributed by atoms with van der Waals surface area (Å²) in [6, 6.07) is 3.71. The van der Waals surface area contributed by atoms with Crippen molar-refractivity contribution in [2.45, 2.75) is 16.8 Å². The van der Waals surface area contributed by atoms with E-state index >= 15 is 0 Å².